The molecule has 12 atom stereocenters. The first kappa shape index (κ1) is 22.1. The van der Waals surface area contributed by atoms with Crippen molar-refractivity contribution in [2.75, 3.05) is 0 Å². The largest absolute Gasteiger partial charge is 0.393 e. The Morgan fingerprint density at radius 2 is 1.66 bits per heavy atom. The first-order valence-electron chi connectivity index (χ1n) is 13.8. The molecular formula is C29H46O3. The van der Waals surface area contributed by atoms with E-state index in [0.717, 1.165) is 48.3 Å². The third kappa shape index (κ3) is 2.60. The van der Waals surface area contributed by atoms with Crippen molar-refractivity contribution in [1.82, 2.24) is 0 Å². The van der Waals surface area contributed by atoms with Gasteiger partial charge in [0.15, 0.2) is 0 Å². The van der Waals surface area contributed by atoms with Crippen molar-refractivity contribution < 1.29 is 14.9 Å². The first-order chi connectivity index (χ1) is 15.1. The van der Waals surface area contributed by atoms with Crippen molar-refractivity contribution in [2.45, 2.75) is 110 Å². The molecule has 7 rings (SSSR count). The molecule has 32 heavy (non-hydrogen) atoms. The van der Waals surface area contributed by atoms with Crippen molar-refractivity contribution >= 4 is 0 Å². The summed E-state index contributed by atoms with van der Waals surface area (Å²) in [6.45, 7) is 14.9. The van der Waals surface area contributed by atoms with E-state index in [9.17, 15) is 5.11 Å². The molecular weight excluding hydrogens is 396 g/mol. The third-order valence-electron chi connectivity index (χ3n) is 12.6. The average molecular weight is 443 g/mol. The average Bonchev–Trinajstić information content (AvgIpc) is 3.47. The number of hydrogen-bond acceptors (Lipinski definition) is 3. The van der Waals surface area contributed by atoms with Crippen molar-refractivity contribution in [2.24, 2.45) is 58.2 Å². The molecule has 5 fully saturated rings. The lowest BCUT2D eigenvalue weighted by Gasteiger charge is -2.69. The molecule has 1 saturated heterocycles. The van der Waals surface area contributed by atoms with E-state index in [-0.39, 0.29) is 17.1 Å². The summed E-state index contributed by atoms with van der Waals surface area (Å²) in [5, 5.41) is 10.4. The molecule has 0 aromatic heterocycles. The SMILES string of the molecule is CC(C)C(C)[C@H]1C[C@@H]1[C@@H](C)[C@H]1CC[C@@H]2[C@]1(C)CC[C@H]1[C@]23C=C[C@]2(C[C@@H](O)CC[C@]12C)OO3. The Morgan fingerprint density at radius 1 is 0.875 bits per heavy atom. The predicted molar refractivity (Wildman–Crippen MR) is 127 cm³/mol. The maximum atomic E-state index is 10.4. The zero-order chi connectivity index (χ0) is 22.7. The number of rotatable bonds is 4. The van der Waals surface area contributed by atoms with Gasteiger partial charge in [0.1, 0.15) is 11.2 Å². The van der Waals surface area contributed by atoms with Gasteiger partial charge >= 0.3 is 0 Å². The molecule has 0 radical (unpaired) electrons. The van der Waals surface area contributed by atoms with Crippen LogP contribution in [0.2, 0.25) is 0 Å². The fourth-order valence-electron chi connectivity index (χ4n) is 10.2. The smallest absolute Gasteiger partial charge is 0.130 e. The lowest BCUT2D eigenvalue weighted by atomic mass is 9.42. The van der Waals surface area contributed by atoms with Crippen LogP contribution in [-0.2, 0) is 9.78 Å². The number of fused-ring (bicyclic) bond motifs is 2. The van der Waals surface area contributed by atoms with Crippen molar-refractivity contribution in [1.29, 1.82) is 0 Å². The molecule has 5 aliphatic carbocycles. The van der Waals surface area contributed by atoms with Gasteiger partial charge in [-0.3, -0.25) is 0 Å². The van der Waals surface area contributed by atoms with E-state index >= 15 is 0 Å². The molecule has 2 spiro atoms. The molecule has 3 nitrogen and oxygen atoms in total. The zero-order valence-corrected chi connectivity index (χ0v) is 21.3. The van der Waals surface area contributed by atoms with E-state index in [4.69, 9.17) is 9.78 Å². The van der Waals surface area contributed by atoms with Gasteiger partial charge in [-0.1, -0.05) is 47.6 Å². The van der Waals surface area contributed by atoms with Crippen LogP contribution in [0.1, 0.15) is 92.9 Å². The van der Waals surface area contributed by atoms with Crippen LogP contribution in [0.25, 0.3) is 0 Å². The molecule has 7 aliphatic rings. The molecule has 0 amide bonds. The first-order valence-corrected chi connectivity index (χ1v) is 13.8. The van der Waals surface area contributed by atoms with Crippen LogP contribution in [-0.4, -0.2) is 22.4 Å². The zero-order valence-electron chi connectivity index (χ0n) is 21.3. The molecule has 0 aromatic carbocycles. The van der Waals surface area contributed by atoms with Gasteiger partial charge in [0.05, 0.1) is 6.10 Å². The van der Waals surface area contributed by atoms with Crippen LogP contribution in [0.15, 0.2) is 12.2 Å². The molecule has 0 aromatic rings. The number of aliphatic hydroxyl groups is 1. The highest BCUT2D eigenvalue weighted by Crippen LogP contribution is 2.73. The summed E-state index contributed by atoms with van der Waals surface area (Å²) in [6.07, 6.45) is 13.8. The van der Waals surface area contributed by atoms with E-state index in [0.29, 0.717) is 23.7 Å². The molecule has 2 heterocycles. The molecule has 3 heteroatoms. The van der Waals surface area contributed by atoms with E-state index in [1.54, 1.807) is 0 Å². The Labute approximate surface area is 195 Å². The summed E-state index contributed by atoms with van der Waals surface area (Å²) >= 11 is 0. The lowest BCUT2D eigenvalue weighted by molar-refractivity contribution is -0.497. The summed E-state index contributed by atoms with van der Waals surface area (Å²) in [5.74, 6) is 6.23. The second-order valence-electron chi connectivity index (χ2n) is 13.9. The Bertz CT molecular complexity index is 806. The van der Waals surface area contributed by atoms with Gasteiger partial charge in [0.25, 0.3) is 0 Å². The summed E-state index contributed by atoms with van der Waals surface area (Å²) in [5.41, 5.74) is -0.253. The predicted octanol–water partition coefficient (Wildman–Crippen LogP) is 6.55. The Morgan fingerprint density at radius 3 is 2.34 bits per heavy atom. The number of hydrogen-bond donors (Lipinski definition) is 1. The summed E-state index contributed by atoms with van der Waals surface area (Å²) < 4.78 is 0. The monoisotopic (exact) mass is 442 g/mol. The molecule has 180 valence electrons. The Balaban J connectivity index is 1.29. The summed E-state index contributed by atoms with van der Waals surface area (Å²) in [6, 6.07) is 0. The van der Waals surface area contributed by atoms with Crippen LogP contribution in [0.3, 0.4) is 0 Å². The van der Waals surface area contributed by atoms with Gasteiger partial charge in [-0.15, -0.1) is 0 Å². The molecule has 4 saturated carbocycles. The maximum Gasteiger partial charge on any atom is 0.130 e. The van der Waals surface area contributed by atoms with Crippen molar-refractivity contribution in [3.63, 3.8) is 0 Å². The Kier molecular flexibility index (Phi) is 4.73. The van der Waals surface area contributed by atoms with Gasteiger partial charge in [-0.05, 0) is 91.9 Å². The van der Waals surface area contributed by atoms with Gasteiger partial charge < -0.3 is 5.11 Å². The van der Waals surface area contributed by atoms with Crippen LogP contribution in [0, 0.1) is 58.2 Å². The highest BCUT2D eigenvalue weighted by molar-refractivity contribution is 5.33. The van der Waals surface area contributed by atoms with Crippen molar-refractivity contribution in [3.05, 3.63) is 12.2 Å². The molecule has 2 aliphatic heterocycles. The van der Waals surface area contributed by atoms with E-state index in [1.807, 2.05) is 0 Å². The minimum Gasteiger partial charge on any atom is -0.393 e. The summed E-state index contributed by atoms with van der Waals surface area (Å²) in [4.78, 5) is 12.9. The summed E-state index contributed by atoms with van der Waals surface area (Å²) in [7, 11) is 0. The minimum atomic E-state index is -0.426. The van der Waals surface area contributed by atoms with Gasteiger partial charge in [0.2, 0.25) is 0 Å². The second-order valence-corrected chi connectivity index (χ2v) is 13.9. The highest BCUT2D eigenvalue weighted by atomic mass is 17.2. The van der Waals surface area contributed by atoms with Gasteiger partial charge in [0, 0.05) is 23.7 Å². The van der Waals surface area contributed by atoms with Crippen LogP contribution < -0.4 is 0 Å². The normalized spacial score (nSPS) is 57.6. The standard InChI is InChI=1S/C29H46O3/c1-17(2)18(3)21-15-22(21)19(4)23-7-8-24-26(23,5)11-10-25-27(6)12-9-20(30)16-28(27)13-14-29(24,25)32-31-28/h13-14,17-25,30H,7-12,15-16H2,1-6H3/t18?,19-,20+,21-,22-,23-,24-,25-,26-,27-,28-,29+/m1/s1. The topological polar surface area (TPSA) is 38.7 Å². The fraction of sp³-hybridized carbons (Fsp3) is 0.931. The van der Waals surface area contributed by atoms with Crippen LogP contribution in [0.5, 0.6) is 0 Å². The molecule has 1 unspecified atom stereocenters. The Hall–Kier alpha value is -0.380. The fourth-order valence-corrected chi connectivity index (χ4v) is 10.2. The van der Waals surface area contributed by atoms with Crippen LogP contribution in [0.4, 0.5) is 0 Å². The third-order valence-corrected chi connectivity index (χ3v) is 12.6. The molecule has 2 bridgehead atoms. The molecule has 1 N–H and O–H groups in total. The minimum absolute atomic E-state index is 0.0819. The van der Waals surface area contributed by atoms with Gasteiger partial charge in [-0.25, -0.2) is 9.78 Å². The number of aliphatic hydroxyl groups excluding tert-OH is 1. The second kappa shape index (κ2) is 6.85. The van der Waals surface area contributed by atoms with Crippen molar-refractivity contribution in [3.8, 4) is 0 Å². The van der Waals surface area contributed by atoms with Gasteiger partial charge in [-0.2, -0.15) is 0 Å². The van der Waals surface area contributed by atoms with Crippen LogP contribution >= 0.6 is 0 Å². The quantitative estimate of drug-likeness (QED) is 0.396. The van der Waals surface area contributed by atoms with E-state index < -0.39 is 5.60 Å². The van der Waals surface area contributed by atoms with E-state index in [2.05, 4.69) is 53.7 Å². The van der Waals surface area contributed by atoms with E-state index in [1.165, 1.54) is 32.1 Å². The highest BCUT2D eigenvalue weighted by Gasteiger charge is 2.74. The lowest BCUT2D eigenvalue weighted by Crippen LogP contribution is -2.73. The maximum absolute atomic E-state index is 10.4.